The van der Waals surface area contributed by atoms with Crippen LogP contribution in [0.5, 0.6) is 0 Å². The third-order valence-electron chi connectivity index (χ3n) is 2.83. The highest BCUT2D eigenvalue weighted by atomic mass is 35.5. The number of rotatable bonds is 6. The van der Waals surface area contributed by atoms with Crippen LogP contribution < -0.4 is 5.32 Å². The number of benzene rings is 1. The van der Waals surface area contributed by atoms with E-state index in [-0.39, 0.29) is 18.5 Å². The van der Waals surface area contributed by atoms with Crippen molar-refractivity contribution in [2.24, 2.45) is 5.92 Å². The van der Waals surface area contributed by atoms with Crippen molar-refractivity contribution in [3.05, 3.63) is 41.9 Å². The average Bonchev–Trinajstić information content (AvgIpc) is 2.48. The first-order valence-corrected chi connectivity index (χ1v) is 6.86. The minimum absolute atomic E-state index is 0.248. The van der Waals surface area contributed by atoms with E-state index in [0.29, 0.717) is 17.3 Å². The third-order valence-corrected chi connectivity index (χ3v) is 3.08. The predicted molar refractivity (Wildman–Crippen MR) is 83.4 cm³/mol. The van der Waals surface area contributed by atoms with Crippen molar-refractivity contribution in [2.75, 3.05) is 25.5 Å². The van der Waals surface area contributed by atoms with Crippen molar-refractivity contribution in [2.45, 2.75) is 6.92 Å². The Morgan fingerprint density at radius 1 is 1.43 bits per heavy atom. The summed E-state index contributed by atoms with van der Waals surface area (Å²) in [5, 5.41) is 3.34. The molecule has 1 aromatic carbocycles. The van der Waals surface area contributed by atoms with Gasteiger partial charge in [0.2, 0.25) is 0 Å². The molecule has 1 aromatic rings. The zero-order valence-corrected chi connectivity index (χ0v) is 12.9. The van der Waals surface area contributed by atoms with Crippen LogP contribution in [-0.4, -0.2) is 37.1 Å². The van der Waals surface area contributed by atoms with Crippen LogP contribution in [0, 0.1) is 5.92 Å². The number of carbonyl (C=O) groups excluding carboxylic acids is 2. The Morgan fingerprint density at radius 2 is 2.05 bits per heavy atom. The molecule has 0 saturated heterocycles. The largest absolute Gasteiger partial charge is 0.469 e. The number of nitrogens with zero attached hydrogens (tertiary/aromatic N) is 1. The molecule has 1 N–H and O–H groups in total. The van der Waals surface area contributed by atoms with E-state index in [1.54, 1.807) is 37.3 Å². The molecule has 0 radical (unpaired) electrons. The summed E-state index contributed by atoms with van der Waals surface area (Å²) >= 11 is 5.79. The Morgan fingerprint density at radius 3 is 2.57 bits per heavy atom. The molecule has 0 saturated carbocycles. The average molecular weight is 311 g/mol. The number of methoxy groups -OCH3 is 1. The molecule has 2 amide bonds. The lowest BCUT2D eigenvalue weighted by Gasteiger charge is -2.24. The summed E-state index contributed by atoms with van der Waals surface area (Å²) in [6.07, 6.45) is 1.60. The topological polar surface area (TPSA) is 58.6 Å². The van der Waals surface area contributed by atoms with E-state index in [9.17, 15) is 9.59 Å². The summed E-state index contributed by atoms with van der Waals surface area (Å²) in [6.45, 7) is 5.91. The maximum absolute atomic E-state index is 12.2. The zero-order valence-electron chi connectivity index (χ0n) is 12.1. The molecular weight excluding hydrogens is 292 g/mol. The summed E-state index contributed by atoms with van der Waals surface area (Å²) in [5.74, 6) is -0.769. The summed E-state index contributed by atoms with van der Waals surface area (Å²) in [7, 11) is 1.32. The summed E-state index contributed by atoms with van der Waals surface area (Å²) in [4.78, 5) is 25.2. The monoisotopic (exact) mass is 310 g/mol. The quantitative estimate of drug-likeness (QED) is 0.648. The van der Waals surface area contributed by atoms with Crippen LogP contribution in [0.25, 0.3) is 0 Å². The van der Waals surface area contributed by atoms with Crippen molar-refractivity contribution >= 4 is 29.3 Å². The van der Waals surface area contributed by atoms with E-state index in [2.05, 4.69) is 16.6 Å². The number of nitrogens with one attached hydrogen (secondary N) is 1. The molecule has 0 aliphatic rings. The number of anilines is 1. The molecular formula is C15H19ClN2O3. The Balaban J connectivity index is 2.70. The number of urea groups is 1. The van der Waals surface area contributed by atoms with E-state index in [1.807, 2.05) is 0 Å². The van der Waals surface area contributed by atoms with E-state index in [1.165, 1.54) is 12.0 Å². The molecule has 0 bridgehead atoms. The lowest BCUT2D eigenvalue weighted by molar-refractivity contribution is -0.145. The highest BCUT2D eigenvalue weighted by Gasteiger charge is 2.20. The summed E-state index contributed by atoms with van der Waals surface area (Å²) in [5.41, 5.74) is 0.629. The Labute approximate surface area is 129 Å². The Kier molecular flexibility index (Phi) is 6.75. The number of esters is 1. The zero-order chi connectivity index (χ0) is 15.8. The van der Waals surface area contributed by atoms with Gasteiger partial charge in [0.05, 0.1) is 13.0 Å². The van der Waals surface area contributed by atoms with Gasteiger partial charge in [-0.15, -0.1) is 6.58 Å². The molecule has 0 heterocycles. The predicted octanol–water partition coefficient (Wildman–Crippen LogP) is 3.17. The van der Waals surface area contributed by atoms with Gasteiger partial charge in [0.1, 0.15) is 0 Å². The minimum atomic E-state index is -0.411. The SMILES string of the molecule is C=CCN(CC(C)C(=O)OC)C(=O)Nc1ccc(Cl)cc1. The minimum Gasteiger partial charge on any atom is -0.469 e. The number of carbonyl (C=O) groups is 2. The highest BCUT2D eigenvalue weighted by Crippen LogP contribution is 2.14. The highest BCUT2D eigenvalue weighted by molar-refractivity contribution is 6.30. The molecule has 21 heavy (non-hydrogen) atoms. The molecule has 1 atom stereocenters. The van der Waals surface area contributed by atoms with Gasteiger partial charge in [-0.2, -0.15) is 0 Å². The van der Waals surface area contributed by atoms with Gasteiger partial charge < -0.3 is 15.0 Å². The van der Waals surface area contributed by atoms with Gasteiger partial charge in [-0.05, 0) is 24.3 Å². The van der Waals surface area contributed by atoms with Crippen LogP contribution in [0.3, 0.4) is 0 Å². The van der Waals surface area contributed by atoms with E-state index in [4.69, 9.17) is 11.6 Å². The standard InChI is InChI=1S/C15H19ClN2O3/c1-4-9-18(10-11(2)14(19)21-3)15(20)17-13-7-5-12(16)6-8-13/h4-8,11H,1,9-10H2,2-3H3,(H,17,20). The van der Waals surface area contributed by atoms with Crippen LogP contribution in [-0.2, 0) is 9.53 Å². The number of ether oxygens (including phenoxy) is 1. The summed E-state index contributed by atoms with van der Waals surface area (Å²) in [6, 6.07) is 6.47. The molecule has 1 rings (SSSR count). The second-order valence-electron chi connectivity index (χ2n) is 4.55. The Bertz CT molecular complexity index is 502. The second-order valence-corrected chi connectivity index (χ2v) is 4.99. The molecule has 0 fully saturated rings. The number of amides is 2. The molecule has 5 nitrogen and oxygen atoms in total. The fourth-order valence-corrected chi connectivity index (χ4v) is 1.86. The Hall–Kier alpha value is -2.01. The smallest absolute Gasteiger partial charge is 0.322 e. The lowest BCUT2D eigenvalue weighted by Crippen LogP contribution is -2.40. The molecule has 0 aromatic heterocycles. The van der Waals surface area contributed by atoms with Crippen LogP contribution in [0.2, 0.25) is 5.02 Å². The van der Waals surface area contributed by atoms with Crippen molar-refractivity contribution in [3.8, 4) is 0 Å². The van der Waals surface area contributed by atoms with Gasteiger partial charge >= 0.3 is 12.0 Å². The van der Waals surface area contributed by atoms with Gasteiger partial charge in [-0.1, -0.05) is 24.6 Å². The van der Waals surface area contributed by atoms with Gasteiger partial charge in [0.15, 0.2) is 0 Å². The van der Waals surface area contributed by atoms with Crippen LogP contribution in [0.4, 0.5) is 10.5 Å². The first-order chi connectivity index (χ1) is 9.97. The van der Waals surface area contributed by atoms with Gasteiger partial charge in [0.25, 0.3) is 0 Å². The van der Waals surface area contributed by atoms with Crippen LogP contribution in [0.15, 0.2) is 36.9 Å². The van der Waals surface area contributed by atoms with E-state index in [0.717, 1.165) is 0 Å². The number of hydrogen-bond donors (Lipinski definition) is 1. The number of hydrogen-bond acceptors (Lipinski definition) is 3. The van der Waals surface area contributed by atoms with Gasteiger partial charge in [-0.3, -0.25) is 4.79 Å². The third kappa shape index (κ3) is 5.47. The molecule has 0 aliphatic carbocycles. The molecule has 114 valence electrons. The first kappa shape index (κ1) is 17.0. The lowest BCUT2D eigenvalue weighted by atomic mass is 10.1. The van der Waals surface area contributed by atoms with E-state index >= 15 is 0 Å². The maximum Gasteiger partial charge on any atom is 0.322 e. The fraction of sp³-hybridized carbons (Fsp3) is 0.333. The number of halogens is 1. The van der Waals surface area contributed by atoms with Gasteiger partial charge in [0, 0.05) is 23.8 Å². The van der Waals surface area contributed by atoms with Crippen LogP contribution in [0.1, 0.15) is 6.92 Å². The second kappa shape index (κ2) is 8.32. The van der Waals surface area contributed by atoms with Crippen molar-refractivity contribution < 1.29 is 14.3 Å². The van der Waals surface area contributed by atoms with Crippen molar-refractivity contribution in [3.63, 3.8) is 0 Å². The van der Waals surface area contributed by atoms with Crippen molar-refractivity contribution in [1.29, 1.82) is 0 Å². The fourth-order valence-electron chi connectivity index (χ4n) is 1.74. The molecule has 0 spiro atoms. The van der Waals surface area contributed by atoms with Crippen molar-refractivity contribution in [1.82, 2.24) is 4.90 Å². The van der Waals surface area contributed by atoms with E-state index < -0.39 is 5.92 Å². The maximum atomic E-state index is 12.2. The normalized spacial score (nSPS) is 11.4. The molecule has 0 aliphatic heterocycles. The summed E-state index contributed by atoms with van der Waals surface area (Å²) < 4.78 is 4.66. The van der Waals surface area contributed by atoms with Gasteiger partial charge in [-0.25, -0.2) is 4.79 Å². The molecule has 1 unspecified atom stereocenters. The first-order valence-electron chi connectivity index (χ1n) is 6.48. The van der Waals surface area contributed by atoms with Crippen LogP contribution >= 0.6 is 11.6 Å². The molecule has 6 heteroatoms.